The number of hydrogen-bond acceptors (Lipinski definition) is 5. The van der Waals surface area contributed by atoms with E-state index in [0.717, 1.165) is 17.0 Å². The third kappa shape index (κ3) is 3.43. The summed E-state index contributed by atoms with van der Waals surface area (Å²) in [6, 6.07) is 2.38. The highest BCUT2D eigenvalue weighted by Gasteiger charge is 2.16. The molecule has 0 fully saturated rings. The lowest BCUT2D eigenvalue weighted by Gasteiger charge is -2.24. The van der Waals surface area contributed by atoms with Crippen molar-refractivity contribution < 1.29 is 9.52 Å². The van der Waals surface area contributed by atoms with Crippen LogP contribution in [0, 0.1) is 6.92 Å². The summed E-state index contributed by atoms with van der Waals surface area (Å²) in [4.78, 5) is 6.76. The van der Waals surface area contributed by atoms with Crippen molar-refractivity contribution in [3.05, 3.63) is 28.3 Å². The number of nitrogens with zero attached hydrogens (tertiary/aromatic N) is 2. The molecule has 2 heterocycles. The molecule has 0 aliphatic heterocycles. The summed E-state index contributed by atoms with van der Waals surface area (Å²) in [5, 5.41) is 13.1. The van der Waals surface area contributed by atoms with Gasteiger partial charge >= 0.3 is 0 Å². The van der Waals surface area contributed by atoms with Crippen molar-refractivity contribution in [3.63, 3.8) is 0 Å². The van der Waals surface area contributed by atoms with Crippen LogP contribution in [0.2, 0.25) is 0 Å². The van der Waals surface area contributed by atoms with Crippen LogP contribution in [0.15, 0.2) is 21.2 Å². The molecule has 0 amide bonds. The number of rotatable bonds is 6. The van der Waals surface area contributed by atoms with E-state index >= 15 is 0 Å². The fraction of sp³-hybridized carbons (Fsp3) is 0.500. The summed E-state index contributed by atoms with van der Waals surface area (Å²) in [6.07, 6.45) is 0. The van der Waals surface area contributed by atoms with Crippen LogP contribution in [0.4, 0.5) is 0 Å². The summed E-state index contributed by atoms with van der Waals surface area (Å²) >= 11 is 1.63. The minimum Gasteiger partial charge on any atom is -0.441 e. The zero-order valence-corrected chi connectivity index (χ0v) is 12.4. The molecule has 0 spiro atoms. The van der Waals surface area contributed by atoms with Crippen molar-refractivity contribution in [2.24, 2.45) is 0 Å². The predicted molar refractivity (Wildman–Crippen MR) is 77.2 cm³/mol. The van der Waals surface area contributed by atoms with E-state index < -0.39 is 0 Å². The van der Waals surface area contributed by atoms with E-state index in [-0.39, 0.29) is 6.61 Å². The molecule has 5 heteroatoms. The lowest BCUT2D eigenvalue weighted by Crippen LogP contribution is -2.33. The lowest BCUT2D eigenvalue weighted by atomic mass is 10.2. The highest BCUT2D eigenvalue weighted by molar-refractivity contribution is 7.08. The van der Waals surface area contributed by atoms with Crippen LogP contribution in [0.3, 0.4) is 0 Å². The monoisotopic (exact) mass is 280 g/mol. The summed E-state index contributed by atoms with van der Waals surface area (Å²) < 4.78 is 5.72. The van der Waals surface area contributed by atoms with E-state index in [1.165, 1.54) is 0 Å². The molecule has 0 bridgehead atoms. The number of aliphatic hydroxyl groups is 1. The van der Waals surface area contributed by atoms with Crippen molar-refractivity contribution in [1.82, 2.24) is 9.88 Å². The number of oxazole rings is 1. The van der Waals surface area contributed by atoms with E-state index in [1.807, 2.05) is 23.8 Å². The van der Waals surface area contributed by atoms with Crippen molar-refractivity contribution in [1.29, 1.82) is 0 Å². The average Bonchev–Trinajstić information content (AvgIpc) is 2.98. The van der Waals surface area contributed by atoms with E-state index in [9.17, 15) is 0 Å². The second kappa shape index (κ2) is 6.32. The Morgan fingerprint density at radius 2 is 2.26 bits per heavy atom. The van der Waals surface area contributed by atoms with Crippen molar-refractivity contribution in [2.75, 3.05) is 13.2 Å². The van der Waals surface area contributed by atoms with Gasteiger partial charge in [0.1, 0.15) is 5.76 Å². The van der Waals surface area contributed by atoms with Gasteiger partial charge in [0, 0.05) is 30.1 Å². The first-order valence-electron chi connectivity index (χ1n) is 6.45. The van der Waals surface area contributed by atoms with Gasteiger partial charge in [-0.15, -0.1) is 0 Å². The molecule has 0 radical (unpaired) electrons. The standard InChI is InChI=1S/C14H20N2O2S/c1-10(2)16(5-6-17)8-13-11(3)18-14(15-13)12-4-7-19-9-12/h4,7,9-10,17H,5-6,8H2,1-3H3. The molecule has 2 aromatic rings. The third-order valence-electron chi connectivity index (χ3n) is 3.13. The van der Waals surface area contributed by atoms with E-state index in [4.69, 9.17) is 9.52 Å². The van der Waals surface area contributed by atoms with Crippen LogP contribution in [0.5, 0.6) is 0 Å². The van der Waals surface area contributed by atoms with Gasteiger partial charge in [-0.25, -0.2) is 4.98 Å². The highest BCUT2D eigenvalue weighted by Crippen LogP contribution is 2.24. The quantitative estimate of drug-likeness (QED) is 0.884. The zero-order valence-electron chi connectivity index (χ0n) is 11.6. The fourth-order valence-corrected chi connectivity index (χ4v) is 2.55. The second-order valence-electron chi connectivity index (χ2n) is 4.82. The number of hydrogen-bond donors (Lipinski definition) is 1. The van der Waals surface area contributed by atoms with Gasteiger partial charge in [0.15, 0.2) is 0 Å². The van der Waals surface area contributed by atoms with Gasteiger partial charge in [0.25, 0.3) is 0 Å². The zero-order chi connectivity index (χ0) is 13.8. The van der Waals surface area contributed by atoms with Crippen LogP contribution in [-0.4, -0.2) is 34.2 Å². The smallest absolute Gasteiger partial charge is 0.227 e. The van der Waals surface area contributed by atoms with Gasteiger partial charge in [-0.05, 0) is 32.2 Å². The average molecular weight is 280 g/mol. The molecular formula is C14H20N2O2S. The Morgan fingerprint density at radius 3 is 2.84 bits per heavy atom. The lowest BCUT2D eigenvalue weighted by molar-refractivity contribution is 0.157. The summed E-state index contributed by atoms with van der Waals surface area (Å²) in [6.45, 7) is 7.69. The molecule has 1 N–H and O–H groups in total. The van der Waals surface area contributed by atoms with E-state index in [0.29, 0.717) is 25.0 Å². The SMILES string of the molecule is Cc1oc(-c2ccsc2)nc1CN(CCO)C(C)C. The topological polar surface area (TPSA) is 49.5 Å². The molecule has 2 aromatic heterocycles. The summed E-state index contributed by atoms with van der Waals surface area (Å²) in [5.74, 6) is 1.53. The minimum atomic E-state index is 0.159. The molecule has 0 aromatic carbocycles. The Morgan fingerprint density at radius 1 is 1.47 bits per heavy atom. The number of aromatic nitrogens is 1. The number of thiophene rings is 1. The maximum Gasteiger partial charge on any atom is 0.227 e. The van der Waals surface area contributed by atoms with Crippen molar-refractivity contribution in [2.45, 2.75) is 33.4 Å². The van der Waals surface area contributed by atoms with Gasteiger partial charge in [0.2, 0.25) is 5.89 Å². The van der Waals surface area contributed by atoms with Crippen LogP contribution in [0.1, 0.15) is 25.3 Å². The first-order valence-corrected chi connectivity index (χ1v) is 7.40. The molecule has 104 valence electrons. The molecule has 19 heavy (non-hydrogen) atoms. The highest BCUT2D eigenvalue weighted by atomic mass is 32.1. The Hall–Kier alpha value is -1.17. The normalized spacial score (nSPS) is 11.7. The maximum atomic E-state index is 9.10. The Bertz CT molecular complexity index is 506. The summed E-state index contributed by atoms with van der Waals surface area (Å²) in [7, 11) is 0. The Balaban J connectivity index is 2.16. The van der Waals surface area contributed by atoms with Gasteiger partial charge in [-0.2, -0.15) is 11.3 Å². The van der Waals surface area contributed by atoms with Crippen molar-refractivity contribution >= 4 is 11.3 Å². The van der Waals surface area contributed by atoms with Crippen LogP contribution >= 0.6 is 11.3 Å². The fourth-order valence-electron chi connectivity index (χ4n) is 1.93. The molecule has 0 aliphatic rings. The van der Waals surface area contributed by atoms with Crippen LogP contribution < -0.4 is 0 Å². The number of aryl methyl sites for hydroxylation is 1. The molecular weight excluding hydrogens is 260 g/mol. The molecule has 0 saturated heterocycles. The summed E-state index contributed by atoms with van der Waals surface area (Å²) in [5.41, 5.74) is 1.97. The van der Waals surface area contributed by atoms with Gasteiger partial charge in [-0.1, -0.05) is 0 Å². The first kappa shape index (κ1) is 14.2. The largest absolute Gasteiger partial charge is 0.441 e. The van der Waals surface area contributed by atoms with Gasteiger partial charge < -0.3 is 9.52 Å². The molecule has 0 aliphatic carbocycles. The van der Waals surface area contributed by atoms with E-state index in [2.05, 4.69) is 23.7 Å². The second-order valence-corrected chi connectivity index (χ2v) is 5.60. The first-order chi connectivity index (χ1) is 9.11. The number of aliphatic hydroxyl groups excluding tert-OH is 1. The van der Waals surface area contributed by atoms with Gasteiger partial charge in [0.05, 0.1) is 12.3 Å². The van der Waals surface area contributed by atoms with Crippen molar-refractivity contribution in [3.8, 4) is 11.5 Å². The van der Waals surface area contributed by atoms with E-state index in [1.54, 1.807) is 11.3 Å². The molecule has 0 unspecified atom stereocenters. The third-order valence-corrected chi connectivity index (χ3v) is 3.81. The molecule has 0 saturated carbocycles. The molecule has 2 rings (SSSR count). The Labute approximate surface area is 117 Å². The Kier molecular flexibility index (Phi) is 4.74. The molecule has 0 atom stereocenters. The predicted octanol–water partition coefficient (Wildman–Crippen LogP) is 2.91. The maximum absolute atomic E-state index is 9.10. The van der Waals surface area contributed by atoms with Crippen LogP contribution in [-0.2, 0) is 6.54 Å². The molecule has 4 nitrogen and oxygen atoms in total. The minimum absolute atomic E-state index is 0.159. The van der Waals surface area contributed by atoms with Gasteiger partial charge in [-0.3, -0.25) is 4.90 Å². The van der Waals surface area contributed by atoms with Crippen LogP contribution in [0.25, 0.3) is 11.5 Å².